The molecule has 0 spiro atoms. The molecule has 66 valence electrons. The molecule has 0 bridgehead atoms. The predicted octanol–water partition coefficient (Wildman–Crippen LogP) is 1.47. The topological polar surface area (TPSA) is 63.8 Å². The Hall–Kier alpha value is -0.840. The van der Waals surface area contributed by atoms with E-state index in [-0.39, 0.29) is 0 Å². The SMILES string of the molecule is Nc1nnc(NC2CCCC2)s1. The molecule has 12 heavy (non-hydrogen) atoms. The molecule has 0 aromatic carbocycles. The van der Waals surface area contributed by atoms with Crippen molar-refractivity contribution in [3.8, 4) is 0 Å². The largest absolute Gasteiger partial charge is 0.374 e. The zero-order valence-corrected chi connectivity index (χ0v) is 7.60. The monoisotopic (exact) mass is 184 g/mol. The lowest BCUT2D eigenvalue weighted by Crippen LogP contribution is -2.13. The minimum Gasteiger partial charge on any atom is -0.374 e. The van der Waals surface area contributed by atoms with E-state index < -0.39 is 0 Å². The Labute approximate surface area is 75.2 Å². The second-order valence-electron chi connectivity index (χ2n) is 3.07. The fraction of sp³-hybridized carbons (Fsp3) is 0.714. The number of rotatable bonds is 2. The van der Waals surface area contributed by atoms with Crippen LogP contribution in [0.25, 0.3) is 0 Å². The van der Waals surface area contributed by atoms with Gasteiger partial charge >= 0.3 is 0 Å². The molecule has 1 aromatic heterocycles. The first-order valence-corrected chi connectivity index (χ1v) is 5.02. The second-order valence-corrected chi connectivity index (χ2v) is 4.08. The molecule has 0 saturated heterocycles. The van der Waals surface area contributed by atoms with Gasteiger partial charge in [0.1, 0.15) is 0 Å². The van der Waals surface area contributed by atoms with E-state index in [1.165, 1.54) is 37.0 Å². The van der Waals surface area contributed by atoms with Crippen LogP contribution in [-0.4, -0.2) is 16.2 Å². The van der Waals surface area contributed by atoms with Crippen LogP contribution in [0.1, 0.15) is 25.7 Å². The Bertz CT molecular complexity index is 254. The third-order valence-corrected chi connectivity index (χ3v) is 2.81. The minimum atomic E-state index is 0.537. The number of hydrogen-bond acceptors (Lipinski definition) is 5. The van der Waals surface area contributed by atoms with Gasteiger partial charge in [0.15, 0.2) is 0 Å². The van der Waals surface area contributed by atoms with E-state index >= 15 is 0 Å². The molecule has 1 aliphatic rings. The Morgan fingerprint density at radius 1 is 1.33 bits per heavy atom. The maximum Gasteiger partial charge on any atom is 0.207 e. The first kappa shape index (κ1) is 7.79. The average Bonchev–Trinajstić information content (AvgIpc) is 2.63. The van der Waals surface area contributed by atoms with Crippen molar-refractivity contribution in [3.63, 3.8) is 0 Å². The van der Waals surface area contributed by atoms with E-state index in [1.807, 2.05) is 0 Å². The van der Waals surface area contributed by atoms with Crippen LogP contribution in [0.5, 0.6) is 0 Å². The van der Waals surface area contributed by atoms with Gasteiger partial charge in [-0.25, -0.2) is 0 Å². The Kier molecular flexibility index (Phi) is 2.12. The van der Waals surface area contributed by atoms with Gasteiger partial charge in [-0.2, -0.15) is 0 Å². The van der Waals surface area contributed by atoms with Crippen molar-refractivity contribution in [2.75, 3.05) is 11.1 Å². The van der Waals surface area contributed by atoms with E-state index in [0.29, 0.717) is 11.2 Å². The minimum absolute atomic E-state index is 0.537. The summed E-state index contributed by atoms with van der Waals surface area (Å²) in [5.74, 6) is 0. The summed E-state index contributed by atoms with van der Waals surface area (Å²) in [7, 11) is 0. The quantitative estimate of drug-likeness (QED) is 0.730. The second kappa shape index (κ2) is 3.26. The average molecular weight is 184 g/mol. The maximum atomic E-state index is 5.46. The third-order valence-electron chi connectivity index (χ3n) is 2.12. The lowest BCUT2D eigenvalue weighted by Gasteiger charge is -2.08. The van der Waals surface area contributed by atoms with E-state index in [4.69, 9.17) is 5.73 Å². The maximum absolute atomic E-state index is 5.46. The summed E-state index contributed by atoms with van der Waals surface area (Å²) in [6.45, 7) is 0. The molecular formula is C7H12N4S. The van der Waals surface area contributed by atoms with Gasteiger partial charge in [-0.15, -0.1) is 10.2 Å². The van der Waals surface area contributed by atoms with Crippen LogP contribution in [0.2, 0.25) is 0 Å². The molecule has 1 saturated carbocycles. The molecule has 1 fully saturated rings. The van der Waals surface area contributed by atoms with Gasteiger partial charge in [0, 0.05) is 6.04 Å². The van der Waals surface area contributed by atoms with Crippen LogP contribution in [-0.2, 0) is 0 Å². The molecule has 1 heterocycles. The highest BCUT2D eigenvalue weighted by atomic mass is 32.1. The van der Waals surface area contributed by atoms with E-state index in [1.54, 1.807) is 0 Å². The molecule has 4 nitrogen and oxygen atoms in total. The van der Waals surface area contributed by atoms with Gasteiger partial charge in [0.25, 0.3) is 0 Å². The van der Waals surface area contributed by atoms with Crippen LogP contribution in [0.15, 0.2) is 0 Å². The molecule has 5 heteroatoms. The normalized spacial score (nSPS) is 18.3. The number of nitrogens with one attached hydrogen (secondary N) is 1. The number of anilines is 2. The lowest BCUT2D eigenvalue weighted by atomic mass is 10.3. The molecule has 0 aliphatic heterocycles. The molecule has 0 unspecified atom stereocenters. The van der Waals surface area contributed by atoms with Gasteiger partial charge in [-0.3, -0.25) is 0 Å². The van der Waals surface area contributed by atoms with Gasteiger partial charge in [0.05, 0.1) is 0 Å². The standard InChI is InChI=1S/C7H12N4S/c8-6-10-11-7(12-6)9-5-3-1-2-4-5/h5H,1-4H2,(H2,8,10)(H,9,11). The summed E-state index contributed by atoms with van der Waals surface area (Å²) in [6, 6.07) is 0.595. The third kappa shape index (κ3) is 1.66. The summed E-state index contributed by atoms with van der Waals surface area (Å²) < 4.78 is 0. The van der Waals surface area contributed by atoms with Crippen molar-refractivity contribution in [3.05, 3.63) is 0 Å². The van der Waals surface area contributed by atoms with Gasteiger partial charge in [0.2, 0.25) is 10.3 Å². The summed E-state index contributed by atoms with van der Waals surface area (Å²) in [4.78, 5) is 0. The van der Waals surface area contributed by atoms with Crippen molar-refractivity contribution in [1.82, 2.24) is 10.2 Å². The Morgan fingerprint density at radius 2 is 2.08 bits per heavy atom. The van der Waals surface area contributed by atoms with Gasteiger partial charge in [-0.05, 0) is 12.8 Å². The molecule has 2 rings (SSSR count). The van der Waals surface area contributed by atoms with Crippen LogP contribution in [0.4, 0.5) is 10.3 Å². The number of nitrogen functional groups attached to an aromatic ring is 1. The zero-order valence-electron chi connectivity index (χ0n) is 6.79. The Balaban J connectivity index is 1.94. The van der Waals surface area contributed by atoms with Crippen molar-refractivity contribution >= 4 is 21.6 Å². The highest BCUT2D eigenvalue weighted by molar-refractivity contribution is 7.18. The molecule has 0 amide bonds. The first-order chi connectivity index (χ1) is 5.84. The molecule has 1 aromatic rings. The fourth-order valence-electron chi connectivity index (χ4n) is 1.54. The van der Waals surface area contributed by atoms with Crippen LogP contribution >= 0.6 is 11.3 Å². The summed E-state index contributed by atoms with van der Waals surface area (Å²) in [5.41, 5.74) is 5.46. The van der Waals surface area contributed by atoms with Gasteiger partial charge < -0.3 is 11.1 Å². The Morgan fingerprint density at radius 3 is 2.67 bits per heavy atom. The van der Waals surface area contributed by atoms with E-state index in [9.17, 15) is 0 Å². The predicted molar refractivity (Wildman–Crippen MR) is 50.2 cm³/mol. The smallest absolute Gasteiger partial charge is 0.207 e. The highest BCUT2D eigenvalue weighted by Crippen LogP contribution is 2.24. The van der Waals surface area contributed by atoms with Crippen molar-refractivity contribution < 1.29 is 0 Å². The molecular weight excluding hydrogens is 172 g/mol. The van der Waals surface area contributed by atoms with Crippen molar-refractivity contribution in [2.24, 2.45) is 0 Å². The zero-order chi connectivity index (χ0) is 8.39. The number of nitrogens with zero attached hydrogens (tertiary/aromatic N) is 2. The van der Waals surface area contributed by atoms with Gasteiger partial charge in [-0.1, -0.05) is 24.2 Å². The first-order valence-electron chi connectivity index (χ1n) is 4.20. The molecule has 0 atom stereocenters. The number of nitrogens with two attached hydrogens (primary N) is 1. The lowest BCUT2D eigenvalue weighted by molar-refractivity contribution is 0.751. The summed E-state index contributed by atoms with van der Waals surface area (Å²) in [6.07, 6.45) is 5.15. The van der Waals surface area contributed by atoms with Crippen LogP contribution in [0, 0.1) is 0 Å². The number of hydrogen-bond donors (Lipinski definition) is 2. The van der Waals surface area contributed by atoms with E-state index in [0.717, 1.165) is 5.13 Å². The molecule has 3 N–H and O–H groups in total. The van der Waals surface area contributed by atoms with Crippen molar-refractivity contribution in [2.45, 2.75) is 31.7 Å². The summed E-state index contributed by atoms with van der Waals surface area (Å²) >= 11 is 1.42. The van der Waals surface area contributed by atoms with Crippen LogP contribution in [0.3, 0.4) is 0 Å². The highest BCUT2D eigenvalue weighted by Gasteiger charge is 2.15. The number of aromatic nitrogens is 2. The van der Waals surface area contributed by atoms with Crippen LogP contribution < -0.4 is 11.1 Å². The summed E-state index contributed by atoms with van der Waals surface area (Å²) in [5, 5.41) is 12.4. The molecule has 0 radical (unpaired) electrons. The van der Waals surface area contributed by atoms with Crippen molar-refractivity contribution in [1.29, 1.82) is 0 Å². The fourth-order valence-corrected chi connectivity index (χ4v) is 2.12. The molecule has 1 aliphatic carbocycles. The van der Waals surface area contributed by atoms with E-state index in [2.05, 4.69) is 15.5 Å².